The Morgan fingerprint density at radius 2 is 2.26 bits per heavy atom. The predicted octanol–water partition coefficient (Wildman–Crippen LogP) is 1.92. The number of rotatable bonds is 5. The zero-order valence-electron chi connectivity index (χ0n) is 12.9. The molecular formula is C16H18N4O3. The fraction of sp³-hybridized carbons (Fsp3) is 0.438. The summed E-state index contributed by atoms with van der Waals surface area (Å²) < 4.78 is 10.5. The lowest BCUT2D eigenvalue weighted by Gasteiger charge is -2.15. The molecule has 7 nitrogen and oxygen atoms in total. The Balaban J connectivity index is 1.45. The molecule has 1 aliphatic carbocycles. The van der Waals surface area contributed by atoms with E-state index in [0.717, 1.165) is 24.2 Å². The Morgan fingerprint density at radius 3 is 3.04 bits per heavy atom. The van der Waals surface area contributed by atoms with Crippen molar-refractivity contribution in [2.24, 2.45) is 0 Å². The lowest BCUT2D eigenvalue weighted by atomic mass is 10.2. The molecule has 0 bridgehead atoms. The molecule has 1 unspecified atom stereocenters. The van der Waals surface area contributed by atoms with Gasteiger partial charge in [0.15, 0.2) is 0 Å². The van der Waals surface area contributed by atoms with E-state index in [1.165, 1.54) is 0 Å². The van der Waals surface area contributed by atoms with Crippen LogP contribution in [0.5, 0.6) is 5.75 Å². The molecule has 1 aromatic heterocycles. The van der Waals surface area contributed by atoms with Crippen molar-refractivity contribution in [3.63, 3.8) is 0 Å². The van der Waals surface area contributed by atoms with Crippen molar-refractivity contribution in [2.45, 2.75) is 31.3 Å². The summed E-state index contributed by atoms with van der Waals surface area (Å²) in [6, 6.07) is 8.30. The lowest BCUT2D eigenvalue weighted by Crippen LogP contribution is -2.29. The van der Waals surface area contributed by atoms with E-state index in [9.17, 15) is 4.79 Å². The van der Waals surface area contributed by atoms with Gasteiger partial charge in [-0.05, 0) is 25.0 Å². The first kappa shape index (κ1) is 14.0. The van der Waals surface area contributed by atoms with E-state index in [1.54, 1.807) is 7.11 Å². The van der Waals surface area contributed by atoms with Gasteiger partial charge in [-0.15, -0.1) is 0 Å². The van der Waals surface area contributed by atoms with Gasteiger partial charge in [0, 0.05) is 24.6 Å². The van der Waals surface area contributed by atoms with Crippen LogP contribution < -0.4 is 10.1 Å². The standard InChI is InChI=1S/C16H18N4O3/c1-22-13-4-2-3-10(7-13)15-18-16(23-19-15)17-11-8-14(21)20(9-11)12-5-6-12/h2-4,7,11-12H,5-6,8-9H2,1H3,(H,17,18,19). The highest BCUT2D eigenvalue weighted by atomic mass is 16.5. The fourth-order valence-corrected chi connectivity index (χ4v) is 2.90. The first-order valence-corrected chi connectivity index (χ1v) is 7.77. The van der Waals surface area contributed by atoms with Crippen molar-refractivity contribution in [3.05, 3.63) is 24.3 Å². The summed E-state index contributed by atoms with van der Waals surface area (Å²) in [4.78, 5) is 18.3. The predicted molar refractivity (Wildman–Crippen MR) is 83.0 cm³/mol. The third kappa shape index (κ3) is 2.86. The van der Waals surface area contributed by atoms with Crippen LogP contribution in [0.15, 0.2) is 28.8 Å². The Bertz CT molecular complexity index is 726. The van der Waals surface area contributed by atoms with Crippen LogP contribution in [0.4, 0.5) is 6.01 Å². The van der Waals surface area contributed by atoms with Crippen molar-refractivity contribution in [2.75, 3.05) is 19.0 Å². The minimum absolute atomic E-state index is 0.0294. The van der Waals surface area contributed by atoms with Crippen molar-refractivity contribution >= 4 is 11.9 Å². The number of carbonyl (C=O) groups excluding carboxylic acids is 1. The van der Waals surface area contributed by atoms with Crippen molar-refractivity contribution in [1.29, 1.82) is 0 Å². The van der Waals surface area contributed by atoms with Gasteiger partial charge in [0.1, 0.15) is 5.75 Å². The molecule has 1 saturated carbocycles. The van der Waals surface area contributed by atoms with Crippen LogP contribution in [0.2, 0.25) is 0 Å². The van der Waals surface area contributed by atoms with Gasteiger partial charge in [0.2, 0.25) is 11.7 Å². The maximum absolute atomic E-state index is 12.0. The number of methoxy groups -OCH3 is 1. The number of carbonyl (C=O) groups is 1. The monoisotopic (exact) mass is 314 g/mol. The average molecular weight is 314 g/mol. The van der Waals surface area contributed by atoms with Crippen LogP contribution >= 0.6 is 0 Å². The van der Waals surface area contributed by atoms with Gasteiger partial charge in [-0.2, -0.15) is 4.98 Å². The molecule has 2 heterocycles. The van der Waals surface area contributed by atoms with Gasteiger partial charge >= 0.3 is 6.01 Å². The summed E-state index contributed by atoms with van der Waals surface area (Å²) in [5.41, 5.74) is 0.822. The highest BCUT2D eigenvalue weighted by molar-refractivity contribution is 5.80. The summed E-state index contributed by atoms with van der Waals surface area (Å²) in [5.74, 6) is 1.44. The molecule has 1 N–H and O–H groups in total. The molecular weight excluding hydrogens is 296 g/mol. The molecule has 2 aromatic rings. The molecule has 2 fully saturated rings. The molecule has 2 aliphatic rings. The first-order valence-electron chi connectivity index (χ1n) is 7.77. The molecule has 1 saturated heterocycles. The van der Waals surface area contributed by atoms with E-state index in [1.807, 2.05) is 29.2 Å². The lowest BCUT2D eigenvalue weighted by molar-refractivity contribution is -0.128. The Labute approximate surface area is 133 Å². The van der Waals surface area contributed by atoms with Crippen molar-refractivity contribution in [1.82, 2.24) is 15.0 Å². The van der Waals surface area contributed by atoms with E-state index in [4.69, 9.17) is 9.26 Å². The first-order chi connectivity index (χ1) is 11.2. The number of hydrogen-bond donors (Lipinski definition) is 1. The number of amides is 1. The summed E-state index contributed by atoms with van der Waals surface area (Å²) in [6.07, 6.45) is 2.73. The molecule has 1 aromatic carbocycles. The number of benzene rings is 1. The van der Waals surface area contributed by atoms with Gasteiger partial charge in [-0.25, -0.2) is 0 Å². The molecule has 4 rings (SSSR count). The van der Waals surface area contributed by atoms with Crippen LogP contribution in [-0.2, 0) is 4.79 Å². The third-order valence-corrected chi connectivity index (χ3v) is 4.23. The van der Waals surface area contributed by atoms with Crippen LogP contribution in [0.1, 0.15) is 19.3 Å². The van der Waals surface area contributed by atoms with E-state index in [-0.39, 0.29) is 11.9 Å². The quantitative estimate of drug-likeness (QED) is 0.908. The number of likely N-dealkylation sites (tertiary alicyclic amines) is 1. The van der Waals surface area contributed by atoms with Gasteiger partial charge < -0.3 is 19.5 Å². The smallest absolute Gasteiger partial charge is 0.322 e. The highest BCUT2D eigenvalue weighted by Crippen LogP contribution is 2.31. The topological polar surface area (TPSA) is 80.5 Å². The second kappa shape index (κ2) is 5.57. The van der Waals surface area contributed by atoms with Gasteiger partial charge in [-0.1, -0.05) is 17.3 Å². The molecule has 7 heteroatoms. The zero-order chi connectivity index (χ0) is 15.8. The van der Waals surface area contributed by atoms with Crippen molar-refractivity contribution in [3.8, 4) is 17.1 Å². The fourth-order valence-electron chi connectivity index (χ4n) is 2.90. The Kier molecular flexibility index (Phi) is 3.40. The zero-order valence-corrected chi connectivity index (χ0v) is 12.9. The maximum atomic E-state index is 12.0. The number of nitrogens with one attached hydrogen (secondary N) is 1. The summed E-state index contributed by atoms with van der Waals surface area (Å²) in [6.45, 7) is 0.709. The molecule has 1 aliphatic heterocycles. The second-order valence-corrected chi connectivity index (χ2v) is 5.98. The molecule has 1 amide bonds. The second-order valence-electron chi connectivity index (χ2n) is 5.98. The summed E-state index contributed by atoms with van der Waals surface area (Å²) in [7, 11) is 1.62. The molecule has 120 valence electrons. The number of ether oxygens (including phenoxy) is 1. The molecule has 23 heavy (non-hydrogen) atoms. The number of aromatic nitrogens is 2. The SMILES string of the molecule is COc1cccc(-c2noc(NC3CC(=O)N(C4CC4)C3)n2)c1. The Morgan fingerprint density at radius 1 is 1.39 bits per heavy atom. The van der Waals surface area contributed by atoms with E-state index in [0.29, 0.717) is 30.8 Å². The Hall–Kier alpha value is -2.57. The van der Waals surface area contributed by atoms with E-state index < -0.39 is 0 Å². The van der Waals surface area contributed by atoms with Crippen LogP contribution in [0.25, 0.3) is 11.4 Å². The van der Waals surface area contributed by atoms with Gasteiger partial charge in [0.05, 0.1) is 13.2 Å². The van der Waals surface area contributed by atoms with Crippen LogP contribution in [0, 0.1) is 0 Å². The molecule has 0 spiro atoms. The summed E-state index contributed by atoms with van der Waals surface area (Å²) >= 11 is 0. The minimum atomic E-state index is 0.0294. The highest BCUT2D eigenvalue weighted by Gasteiger charge is 2.39. The number of hydrogen-bond acceptors (Lipinski definition) is 6. The van der Waals surface area contributed by atoms with Gasteiger partial charge in [0.25, 0.3) is 0 Å². The van der Waals surface area contributed by atoms with Gasteiger partial charge in [-0.3, -0.25) is 4.79 Å². The largest absolute Gasteiger partial charge is 0.497 e. The summed E-state index contributed by atoms with van der Waals surface area (Å²) in [5, 5.41) is 7.16. The number of anilines is 1. The maximum Gasteiger partial charge on any atom is 0.322 e. The van der Waals surface area contributed by atoms with Crippen molar-refractivity contribution < 1.29 is 14.1 Å². The van der Waals surface area contributed by atoms with Crippen LogP contribution in [-0.4, -0.2) is 46.7 Å². The number of nitrogens with zero attached hydrogens (tertiary/aromatic N) is 3. The average Bonchev–Trinajstić information content (AvgIpc) is 3.20. The molecule has 1 atom stereocenters. The third-order valence-electron chi connectivity index (χ3n) is 4.23. The normalized spacial score (nSPS) is 20.8. The van der Waals surface area contributed by atoms with Crippen LogP contribution in [0.3, 0.4) is 0 Å². The van der Waals surface area contributed by atoms with E-state index >= 15 is 0 Å². The molecule has 0 radical (unpaired) electrons. The minimum Gasteiger partial charge on any atom is -0.497 e. The van der Waals surface area contributed by atoms with E-state index in [2.05, 4.69) is 15.5 Å².